The molecule has 0 N–H and O–H groups in total. The topological polar surface area (TPSA) is 37.4 Å². The molecular weight excluding hydrogens is 166 g/mol. The number of hydrogen-bond donors (Lipinski definition) is 0. The molecule has 0 fully saturated rings. The van der Waals surface area contributed by atoms with E-state index in [1.54, 1.807) is 0 Å². The second-order valence-corrected chi connectivity index (χ2v) is 2.73. The van der Waals surface area contributed by atoms with Gasteiger partial charge in [0.15, 0.2) is 0 Å². The highest BCUT2D eigenvalue weighted by molar-refractivity contribution is 6.25. The van der Waals surface area contributed by atoms with Crippen molar-refractivity contribution in [3.8, 4) is 0 Å². The maximum Gasteiger partial charge on any atom is 0.254 e. The number of amides is 2. The van der Waals surface area contributed by atoms with Gasteiger partial charge in [-0.3, -0.25) is 14.5 Å². The summed E-state index contributed by atoms with van der Waals surface area (Å²) in [5.74, 6) is -0.645. The number of imide groups is 1. The highest BCUT2D eigenvalue weighted by Crippen LogP contribution is 2.14. The van der Waals surface area contributed by atoms with Gasteiger partial charge in [-0.1, -0.05) is 18.5 Å². The predicted octanol–water partition coefficient (Wildman–Crippen LogP) is 0.886. The fourth-order valence-corrected chi connectivity index (χ4v) is 1.06. The summed E-state index contributed by atoms with van der Waals surface area (Å²) in [5, 5.41) is 0. The summed E-state index contributed by atoms with van der Waals surface area (Å²) in [5.41, 5.74) is -0.509. The molecule has 0 aliphatic carbocycles. The molecule has 1 rings (SSSR count). The van der Waals surface area contributed by atoms with Crippen molar-refractivity contribution in [3.05, 3.63) is 12.2 Å². The zero-order valence-corrected chi connectivity index (χ0v) is 6.84. The zero-order valence-electron chi connectivity index (χ0n) is 6.08. The Morgan fingerprint density at radius 3 is 2.27 bits per heavy atom. The predicted molar refractivity (Wildman–Crippen MR) is 40.9 cm³/mol. The Morgan fingerprint density at radius 2 is 1.91 bits per heavy atom. The third kappa shape index (κ3) is 1.43. The van der Waals surface area contributed by atoms with Crippen LogP contribution in [-0.4, -0.2) is 22.2 Å². The molecule has 0 aromatic carbocycles. The van der Waals surface area contributed by atoms with Crippen LogP contribution in [0.5, 0.6) is 0 Å². The van der Waals surface area contributed by atoms with Crippen molar-refractivity contribution in [2.75, 3.05) is 0 Å². The largest absolute Gasteiger partial charge is 0.269 e. The Hall–Kier alpha value is -0.830. The third-order valence-corrected chi connectivity index (χ3v) is 1.96. The van der Waals surface area contributed by atoms with Crippen molar-refractivity contribution >= 4 is 23.4 Å². The van der Waals surface area contributed by atoms with Crippen LogP contribution in [0, 0.1) is 0 Å². The van der Waals surface area contributed by atoms with Gasteiger partial charge < -0.3 is 0 Å². The van der Waals surface area contributed by atoms with E-state index in [9.17, 15) is 9.59 Å². The molecule has 1 unspecified atom stereocenters. The van der Waals surface area contributed by atoms with Gasteiger partial charge in [-0.15, -0.1) is 0 Å². The highest BCUT2D eigenvalue weighted by atomic mass is 35.5. The van der Waals surface area contributed by atoms with Gasteiger partial charge in [0.05, 0.1) is 0 Å². The van der Waals surface area contributed by atoms with Gasteiger partial charge >= 0.3 is 0 Å². The van der Waals surface area contributed by atoms with Gasteiger partial charge in [0, 0.05) is 12.2 Å². The molecule has 1 aliphatic rings. The lowest BCUT2D eigenvalue weighted by Gasteiger charge is -2.18. The van der Waals surface area contributed by atoms with Gasteiger partial charge in [-0.05, 0) is 6.42 Å². The van der Waals surface area contributed by atoms with E-state index >= 15 is 0 Å². The number of rotatable bonds is 2. The minimum Gasteiger partial charge on any atom is -0.269 e. The zero-order chi connectivity index (χ0) is 8.43. The molecular formula is C7H8ClNO2. The van der Waals surface area contributed by atoms with Gasteiger partial charge in [0.1, 0.15) is 5.50 Å². The maximum atomic E-state index is 10.9. The number of alkyl halides is 1. The van der Waals surface area contributed by atoms with Crippen molar-refractivity contribution < 1.29 is 9.59 Å². The Labute approximate surface area is 69.6 Å². The summed E-state index contributed by atoms with van der Waals surface area (Å²) >= 11 is 5.71. The minimum atomic E-state index is -0.509. The number of halogens is 1. The average Bonchev–Trinajstić information content (AvgIpc) is 2.30. The second-order valence-electron chi connectivity index (χ2n) is 2.22. The monoisotopic (exact) mass is 173 g/mol. The lowest BCUT2D eigenvalue weighted by molar-refractivity contribution is -0.137. The van der Waals surface area contributed by atoms with Crippen molar-refractivity contribution in [1.82, 2.24) is 4.90 Å². The highest BCUT2D eigenvalue weighted by Gasteiger charge is 2.28. The van der Waals surface area contributed by atoms with Crippen molar-refractivity contribution in [3.63, 3.8) is 0 Å². The summed E-state index contributed by atoms with van der Waals surface area (Å²) in [4.78, 5) is 22.9. The van der Waals surface area contributed by atoms with Gasteiger partial charge in [0.25, 0.3) is 11.8 Å². The molecule has 0 bridgehead atoms. The van der Waals surface area contributed by atoms with E-state index in [-0.39, 0.29) is 11.8 Å². The Kier molecular flexibility index (Phi) is 2.29. The normalized spacial score (nSPS) is 19.6. The van der Waals surface area contributed by atoms with Crippen LogP contribution in [0.15, 0.2) is 12.2 Å². The minimum absolute atomic E-state index is 0.322. The second kappa shape index (κ2) is 3.05. The lowest BCUT2D eigenvalue weighted by atomic mass is 10.4. The van der Waals surface area contributed by atoms with E-state index < -0.39 is 5.50 Å². The molecule has 60 valence electrons. The molecule has 0 saturated heterocycles. The van der Waals surface area contributed by atoms with Crippen LogP contribution < -0.4 is 0 Å². The first-order chi connectivity index (χ1) is 5.16. The lowest BCUT2D eigenvalue weighted by Crippen LogP contribution is -2.36. The summed E-state index contributed by atoms with van der Waals surface area (Å²) in [6.07, 6.45) is 3.03. The van der Waals surface area contributed by atoms with Crippen LogP contribution >= 0.6 is 11.6 Å². The molecule has 3 nitrogen and oxygen atoms in total. The summed E-state index contributed by atoms with van der Waals surface area (Å²) in [6, 6.07) is 0. The first kappa shape index (κ1) is 8.27. The average molecular weight is 174 g/mol. The molecule has 11 heavy (non-hydrogen) atoms. The first-order valence-corrected chi connectivity index (χ1v) is 3.79. The van der Waals surface area contributed by atoms with Crippen LogP contribution in [0.25, 0.3) is 0 Å². The molecule has 4 heteroatoms. The van der Waals surface area contributed by atoms with Gasteiger partial charge in [0.2, 0.25) is 0 Å². The van der Waals surface area contributed by atoms with E-state index in [2.05, 4.69) is 0 Å². The van der Waals surface area contributed by atoms with Gasteiger partial charge in [-0.25, -0.2) is 0 Å². The smallest absolute Gasteiger partial charge is 0.254 e. The standard InChI is InChI=1S/C7H8ClNO2/c1-2-5(8)9-6(10)3-4-7(9)11/h3-5H,2H2,1H3. The molecule has 0 aromatic rings. The molecule has 1 heterocycles. The van der Waals surface area contributed by atoms with E-state index in [4.69, 9.17) is 11.6 Å². The Bertz CT molecular complexity index is 206. The number of hydrogen-bond acceptors (Lipinski definition) is 2. The summed E-state index contributed by atoms with van der Waals surface area (Å²) in [6.45, 7) is 1.82. The number of carbonyl (C=O) groups excluding carboxylic acids is 2. The van der Waals surface area contributed by atoms with E-state index in [0.29, 0.717) is 6.42 Å². The molecule has 0 aromatic heterocycles. The molecule has 1 aliphatic heterocycles. The van der Waals surface area contributed by atoms with E-state index in [0.717, 1.165) is 4.90 Å². The SMILES string of the molecule is CCC(Cl)N1C(=O)C=CC1=O. The summed E-state index contributed by atoms with van der Waals surface area (Å²) < 4.78 is 0. The Balaban J connectivity index is 2.73. The van der Waals surface area contributed by atoms with Crippen LogP contribution in [-0.2, 0) is 9.59 Å². The van der Waals surface area contributed by atoms with Crippen molar-refractivity contribution in [2.45, 2.75) is 18.8 Å². The fourth-order valence-electron chi connectivity index (χ4n) is 0.870. The van der Waals surface area contributed by atoms with Crippen LogP contribution in [0.3, 0.4) is 0 Å². The van der Waals surface area contributed by atoms with Crippen LogP contribution in [0.2, 0.25) is 0 Å². The van der Waals surface area contributed by atoms with E-state index in [1.165, 1.54) is 12.2 Å². The number of nitrogens with zero attached hydrogens (tertiary/aromatic N) is 1. The molecule has 0 radical (unpaired) electrons. The fraction of sp³-hybridized carbons (Fsp3) is 0.429. The first-order valence-electron chi connectivity index (χ1n) is 3.36. The Morgan fingerprint density at radius 1 is 1.45 bits per heavy atom. The molecule has 0 spiro atoms. The molecule has 0 saturated carbocycles. The van der Waals surface area contributed by atoms with Crippen LogP contribution in [0.4, 0.5) is 0 Å². The third-order valence-electron chi connectivity index (χ3n) is 1.46. The quantitative estimate of drug-likeness (QED) is 0.353. The maximum absolute atomic E-state index is 10.9. The summed E-state index contributed by atoms with van der Waals surface area (Å²) in [7, 11) is 0. The molecule has 2 amide bonds. The molecule has 1 atom stereocenters. The van der Waals surface area contributed by atoms with Crippen molar-refractivity contribution in [2.24, 2.45) is 0 Å². The van der Waals surface area contributed by atoms with E-state index in [1.807, 2.05) is 6.92 Å². The van der Waals surface area contributed by atoms with Gasteiger partial charge in [-0.2, -0.15) is 0 Å². The van der Waals surface area contributed by atoms with Crippen LogP contribution in [0.1, 0.15) is 13.3 Å². The number of carbonyl (C=O) groups is 2. The van der Waals surface area contributed by atoms with Crippen molar-refractivity contribution in [1.29, 1.82) is 0 Å².